The molecule has 1 saturated carbocycles. The summed E-state index contributed by atoms with van der Waals surface area (Å²) in [6.45, 7) is 2.99. The molecule has 1 saturated heterocycles. The first kappa shape index (κ1) is 12.4. The van der Waals surface area contributed by atoms with E-state index in [0.717, 1.165) is 18.4 Å². The van der Waals surface area contributed by atoms with Gasteiger partial charge in [-0.3, -0.25) is 0 Å². The van der Waals surface area contributed by atoms with Gasteiger partial charge >= 0.3 is 0 Å². The summed E-state index contributed by atoms with van der Waals surface area (Å²) in [5, 5.41) is 0.651. The Balaban J connectivity index is 1.99. The van der Waals surface area contributed by atoms with Gasteiger partial charge < -0.3 is 10.5 Å². The number of benzene rings is 1. The molecule has 2 aliphatic rings. The molecule has 1 aliphatic carbocycles. The summed E-state index contributed by atoms with van der Waals surface area (Å²) in [4.78, 5) is 0. The maximum Gasteiger partial charge on any atom is 0.126 e. The monoisotopic (exact) mass is 269 g/mol. The van der Waals surface area contributed by atoms with Gasteiger partial charge in [0.2, 0.25) is 0 Å². The van der Waals surface area contributed by atoms with Crippen molar-refractivity contribution in [3.63, 3.8) is 0 Å². The zero-order chi connectivity index (χ0) is 12.9. The third-order valence-electron chi connectivity index (χ3n) is 4.46. The van der Waals surface area contributed by atoms with E-state index >= 15 is 0 Å². The smallest absolute Gasteiger partial charge is 0.126 e. The summed E-state index contributed by atoms with van der Waals surface area (Å²) >= 11 is 6.31. The molecule has 18 heavy (non-hydrogen) atoms. The van der Waals surface area contributed by atoms with Crippen molar-refractivity contribution in [2.24, 2.45) is 11.7 Å². The van der Waals surface area contributed by atoms with Crippen molar-refractivity contribution in [2.45, 2.75) is 31.2 Å². The summed E-state index contributed by atoms with van der Waals surface area (Å²) in [6.07, 6.45) is 1.96. The lowest BCUT2D eigenvalue weighted by Gasteiger charge is -2.53. The predicted octanol–water partition coefficient (Wildman–Crippen LogP) is 2.79. The lowest BCUT2D eigenvalue weighted by Crippen LogP contribution is -2.58. The van der Waals surface area contributed by atoms with Crippen LogP contribution in [-0.2, 0) is 10.2 Å². The van der Waals surface area contributed by atoms with E-state index < -0.39 is 0 Å². The van der Waals surface area contributed by atoms with Gasteiger partial charge in [-0.05, 0) is 48.9 Å². The van der Waals surface area contributed by atoms with Gasteiger partial charge in [0, 0.05) is 16.5 Å². The minimum Gasteiger partial charge on any atom is -0.379 e. The fourth-order valence-corrected chi connectivity index (χ4v) is 3.48. The van der Waals surface area contributed by atoms with Crippen LogP contribution in [0, 0.1) is 18.7 Å². The van der Waals surface area contributed by atoms with Crippen LogP contribution < -0.4 is 5.73 Å². The molecule has 1 heterocycles. The molecule has 2 N–H and O–H groups in total. The molecule has 1 aromatic rings. The van der Waals surface area contributed by atoms with Crippen LogP contribution in [0.15, 0.2) is 12.1 Å². The molecule has 1 aliphatic heterocycles. The van der Waals surface area contributed by atoms with Crippen molar-refractivity contribution < 1.29 is 9.13 Å². The summed E-state index contributed by atoms with van der Waals surface area (Å²) in [5.41, 5.74) is 7.24. The Kier molecular flexibility index (Phi) is 2.88. The average molecular weight is 270 g/mol. The third kappa shape index (κ3) is 1.68. The van der Waals surface area contributed by atoms with E-state index in [1.165, 1.54) is 0 Å². The molecular weight excluding hydrogens is 253 g/mol. The SMILES string of the molecule is Cc1cc(Cl)c(C2(C3CC(N)C3)COC2)cc1F. The summed E-state index contributed by atoms with van der Waals surface area (Å²) in [7, 11) is 0. The van der Waals surface area contributed by atoms with Gasteiger partial charge in [-0.25, -0.2) is 4.39 Å². The Morgan fingerprint density at radius 1 is 1.39 bits per heavy atom. The first-order valence-electron chi connectivity index (χ1n) is 6.32. The number of hydrogen-bond acceptors (Lipinski definition) is 2. The minimum absolute atomic E-state index is 0.110. The van der Waals surface area contributed by atoms with Crippen molar-refractivity contribution in [3.05, 3.63) is 34.1 Å². The van der Waals surface area contributed by atoms with Gasteiger partial charge in [-0.15, -0.1) is 0 Å². The average Bonchev–Trinajstić information content (AvgIpc) is 2.21. The highest BCUT2D eigenvalue weighted by Gasteiger charge is 2.52. The van der Waals surface area contributed by atoms with Gasteiger partial charge in [0.25, 0.3) is 0 Å². The quantitative estimate of drug-likeness (QED) is 0.896. The van der Waals surface area contributed by atoms with E-state index in [9.17, 15) is 4.39 Å². The van der Waals surface area contributed by atoms with E-state index in [1.807, 2.05) is 0 Å². The standard InChI is InChI=1S/C14H17ClFNO/c1-8-2-12(15)11(5-13(8)16)14(6-18-7-14)9-3-10(17)4-9/h2,5,9-10H,3-4,6-7,17H2,1H3. The Morgan fingerprint density at radius 3 is 2.56 bits per heavy atom. The van der Waals surface area contributed by atoms with Crippen molar-refractivity contribution >= 4 is 11.6 Å². The molecule has 0 atom stereocenters. The van der Waals surface area contributed by atoms with Crippen LogP contribution >= 0.6 is 11.6 Å². The normalized spacial score (nSPS) is 29.6. The number of nitrogens with two attached hydrogens (primary N) is 1. The molecule has 0 unspecified atom stereocenters. The highest BCUT2D eigenvalue weighted by atomic mass is 35.5. The second-order valence-corrected chi connectivity index (χ2v) is 6.07. The molecule has 0 aromatic heterocycles. The highest BCUT2D eigenvalue weighted by molar-refractivity contribution is 6.31. The highest BCUT2D eigenvalue weighted by Crippen LogP contribution is 2.50. The molecule has 3 rings (SSSR count). The van der Waals surface area contributed by atoms with E-state index in [0.29, 0.717) is 29.7 Å². The molecule has 98 valence electrons. The van der Waals surface area contributed by atoms with Crippen molar-refractivity contribution in [1.29, 1.82) is 0 Å². The first-order valence-corrected chi connectivity index (χ1v) is 6.70. The summed E-state index contributed by atoms with van der Waals surface area (Å²) < 4.78 is 19.2. The summed E-state index contributed by atoms with van der Waals surface area (Å²) in [5.74, 6) is 0.283. The van der Waals surface area contributed by atoms with Crippen molar-refractivity contribution in [3.8, 4) is 0 Å². The number of halogens is 2. The van der Waals surface area contributed by atoms with Crippen LogP contribution in [0.1, 0.15) is 24.0 Å². The van der Waals surface area contributed by atoms with Crippen molar-refractivity contribution in [2.75, 3.05) is 13.2 Å². The number of aryl methyl sites for hydroxylation is 1. The van der Waals surface area contributed by atoms with Crippen LogP contribution in [0.25, 0.3) is 0 Å². The maximum atomic E-state index is 13.8. The number of hydrogen-bond donors (Lipinski definition) is 1. The van der Waals surface area contributed by atoms with E-state index in [2.05, 4.69) is 0 Å². The molecule has 0 amide bonds. The van der Waals surface area contributed by atoms with Gasteiger partial charge in [-0.2, -0.15) is 0 Å². The third-order valence-corrected chi connectivity index (χ3v) is 4.77. The molecule has 2 fully saturated rings. The maximum absolute atomic E-state index is 13.8. The fraction of sp³-hybridized carbons (Fsp3) is 0.571. The number of rotatable bonds is 2. The lowest BCUT2D eigenvalue weighted by molar-refractivity contribution is -0.111. The molecule has 2 nitrogen and oxygen atoms in total. The fourth-order valence-electron chi connectivity index (χ4n) is 3.07. The van der Waals surface area contributed by atoms with Crippen LogP contribution in [0.2, 0.25) is 5.02 Å². The number of ether oxygens (including phenoxy) is 1. The van der Waals surface area contributed by atoms with Crippen LogP contribution in [0.4, 0.5) is 4.39 Å². The molecular formula is C14H17ClFNO. The van der Waals surface area contributed by atoms with Crippen LogP contribution in [0.3, 0.4) is 0 Å². The van der Waals surface area contributed by atoms with Gasteiger partial charge in [0.05, 0.1) is 13.2 Å². The minimum atomic E-state index is -0.190. The Bertz CT molecular complexity index is 481. The van der Waals surface area contributed by atoms with Crippen molar-refractivity contribution in [1.82, 2.24) is 0 Å². The topological polar surface area (TPSA) is 35.2 Å². The van der Waals surface area contributed by atoms with E-state index in [1.54, 1.807) is 19.1 Å². The van der Waals surface area contributed by atoms with Gasteiger partial charge in [0.15, 0.2) is 0 Å². The lowest BCUT2D eigenvalue weighted by atomic mass is 9.59. The van der Waals surface area contributed by atoms with Gasteiger partial charge in [0.1, 0.15) is 5.82 Å². The Hall–Kier alpha value is -0.640. The van der Waals surface area contributed by atoms with Crippen LogP contribution in [-0.4, -0.2) is 19.3 Å². The second kappa shape index (κ2) is 4.19. The van der Waals surface area contributed by atoms with Crippen LogP contribution in [0.5, 0.6) is 0 Å². The molecule has 0 bridgehead atoms. The predicted molar refractivity (Wildman–Crippen MR) is 69.3 cm³/mol. The molecule has 0 spiro atoms. The van der Waals surface area contributed by atoms with E-state index in [4.69, 9.17) is 22.1 Å². The summed E-state index contributed by atoms with van der Waals surface area (Å²) in [6, 6.07) is 3.58. The zero-order valence-electron chi connectivity index (χ0n) is 10.4. The molecule has 1 aromatic carbocycles. The Labute approximate surface area is 111 Å². The van der Waals surface area contributed by atoms with E-state index in [-0.39, 0.29) is 17.3 Å². The van der Waals surface area contributed by atoms with Gasteiger partial charge in [-0.1, -0.05) is 11.6 Å². The molecule has 4 heteroatoms. The largest absolute Gasteiger partial charge is 0.379 e. The zero-order valence-corrected chi connectivity index (χ0v) is 11.1. The molecule has 0 radical (unpaired) electrons. The second-order valence-electron chi connectivity index (χ2n) is 5.66. The Morgan fingerprint density at radius 2 is 2.06 bits per heavy atom. The first-order chi connectivity index (χ1) is 8.53.